The lowest BCUT2D eigenvalue weighted by Gasteiger charge is -2.28. The predicted octanol–water partition coefficient (Wildman–Crippen LogP) is 3.22. The Hall–Kier alpha value is 0.580. The Morgan fingerprint density at radius 3 is 1.68 bits per heavy atom. The molecule has 22 heavy (non-hydrogen) atoms. The van der Waals surface area contributed by atoms with Gasteiger partial charge in [0.1, 0.15) is 0 Å². The molecule has 5 heteroatoms. The van der Waals surface area contributed by atoms with E-state index in [9.17, 15) is 0 Å². The third kappa shape index (κ3) is 4.79. The molecular formula is C17H30O3S2. The molecule has 3 nitrogen and oxygen atoms in total. The molecule has 2 aliphatic carbocycles. The van der Waals surface area contributed by atoms with Gasteiger partial charge in [-0.2, -0.15) is 23.5 Å². The van der Waals surface area contributed by atoms with Gasteiger partial charge in [0.2, 0.25) is 0 Å². The summed E-state index contributed by atoms with van der Waals surface area (Å²) < 4.78 is 6.40. The Labute approximate surface area is 143 Å². The number of aliphatic hydroxyl groups is 2. The highest BCUT2D eigenvalue weighted by Gasteiger charge is 2.52. The summed E-state index contributed by atoms with van der Waals surface area (Å²) in [6.45, 7) is 0.500. The van der Waals surface area contributed by atoms with Crippen LogP contribution in [0, 0.1) is 0 Å². The quantitative estimate of drug-likeness (QED) is 0.571. The van der Waals surface area contributed by atoms with Crippen LogP contribution in [-0.4, -0.2) is 56.6 Å². The fourth-order valence-corrected chi connectivity index (χ4v) is 6.32. The molecule has 2 N–H and O–H groups in total. The van der Waals surface area contributed by atoms with Gasteiger partial charge in [-0.25, -0.2) is 0 Å². The molecule has 6 unspecified atom stereocenters. The Morgan fingerprint density at radius 1 is 0.727 bits per heavy atom. The molecule has 2 saturated heterocycles. The second kappa shape index (κ2) is 8.61. The van der Waals surface area contributed by atoms with Gasteiger partial charge in [0.25, 0.3) is 0 Å². The average molecular weight is 347 g/mol. The van der Waals surface area contributed by atoms with Crippen LogP contribution in [-0.2, 0) is 4.74 Å². The molecule has 2 aliphatic heterocycles. The molecule has 128 valence electrons. The van der Waals surface area contributed by atoms with E-state index in [1.807, 2.05) is 0 Å². The minimum atomic E-state index is 0.250. The zero-order valence-electron chi connectivity index (χ0n) is 13.4. The highest BCUT2D eigenvalue weighted by Crippen LogP contribution is 2.55. The van der Waals surface area contributed by atoms with Crippen LogP contribution < -0.4 is 0 Å². The van der Waals surface area contributed by atoms with Crippen molar-refractivity contribution in [2.45, 2.75) is 91.0 Å². The van der Waals surface area contributed by atoms with E-state index < -0.39 is 0 Å². The topological polar surface area (TPSA) is 49.7 Å². The molecule has 2 heterocycles. The minimum Gasteiger partial charge on any atom is -0.396 e. The first kappa shape index (κ1) is 17.4. The van der Waals surface area contributed by atoms with E-state index in [1.165, 1.54) is 38.5 Å². The van der Waals surface area contributed by atoms with Crippen molar-refractivity contribution >= 4 is 23.5 Å². The molecule has 4 fully saturated rings. The molecule has 4 aliphatic rings. The van der Waals surface area contributed by atoms with E-state index in [1.54, 1.807) is 0 Å². The first-order chi connectivity index (χ1) is 10.8. The van der Waals surface area contributed by atoms with Gasteiger partial charge in [-0.3, -0.25) is 0 Å². The number of thioether (sulfide) groups is 2. The fourth-order valence-electron chi connectivity index (χ4n) is 3.72. The van der Waals surface area contributed by atoms with Gasteiger partial charge in [0, 0.05) is 34.2 Å². The number of fused-ring (bicyclic) bond motifs is 2. The first-order valence-electron chi connectivity index (χ1n) is 9.01. The van der Waals surface area contributed by atoms with Gasteiger partial charge in [0.15, 0.2) is 0 Å². The van der Waals surface area contributed by atoms with Crippen molar-refractivity contribution in [2.24, 2.45) is 0 Å². The molecule has 0 radical (unpaired) electrons. The summed E-state index contributed by atoms with van der Waals surface area (Å²) in [5.74, 6) is 0. The van der Waals surface area contributed by atoms with Crippen molar-refractivity contribution in [1.29, 1.82) is 0 Å². The summed E-state index contributed by atoms with van der Waals surface area (Å²) in [7, 11) is 0. The van der Waals surface area contributed by atoms with Crippen molar-refractivity contribution in [1.82, 2.24) is 0 Å². The van der Waals surface area contributed by atoms with Gasteiger partial charge in [-0.15, -0.1) is 0 Å². The first-order valence-corrected chi connectivity index (χ1v) is 10.9. The molecule has 0 amide bonds. The average Bonchev–Trinajstić information content (AvgIpc) is 3.42. The Bertz CT molecular complexity index is 312. The van der Waals surface area contributed by atoms with Gasteiger partial charge >= 0.3 is 0 Å². The highest BCUT2D eigenvalue weighted by atomic mass is 32.2. The number of unbranched alkanes of at least 4 members (excludes halogenated alkanes) is 2. The van der Waals surface area contributed by atoms with Crippen LogP contribution in [0.15, 0.2) is 0 Å². The number of aliphatic hydroxyl groups excluding tert-OH is 2. The van der Waals surface area contributed by atoms with Crippen molar-refractivity contribution in [3.63, 3.8) is 0 Å². The van der Waals surface area contributed by atoms with Crippen molar-refractivity contribution in [3.8, 4) is 0 Å². The lowest BCUT2D eigenvalue weighted by atomic mass is 9.95. The number of rotatable bonds is 6. The van der Waals surface area contributed by atoms with E-state index in [0.29, 0.717) is 12.2 Å². The van der Waals surface area contributed by atoms with Crippen molar-refractivity contribution in [2.75, 3.05) is 13.2 Å². The van der Waals surface area contributed by atoms with Crippen LogP contribution in [0.5, 0.6) is 0 Å². The summed E-state index contributed by atoms with van der Waals surface area (Å²) in [6, 6.07) is 0. The summed E-state index contributed by atoms with van der Waals surface area (Å²) in [5, 5.41) is 20.2. The van der Waals surface area contributed by atoms with E-state index in [4.69, 9.17) is 14.9 Å². The zero-order chi connectivity index (χ0) is 15.4. The third-order valence-corrected chi connectivity index (χ3v) is 8.12. The van der Waals surface area contributed by atoms with Crippen LogP contribution in [0.25, 0.3) is 0 Å². The second-order valence-corrected chi connectivity index (χ2v) is 9.70. The maximum Gasteiger partial charge on any atom is 0.0708 e. The standard InChI is InChI=1S/C12H18OS2.C5H12O2/c1-3-7(11-9(5-1)14-11)13-8-4-2-6-10-12(8)15-10;6-4-2-1-3-5-7/h7-12H,1-6H2;6-7H,1-5H2. The summed E-state index contributed by atoms with van der Waals surface area (Å²) in [5.41, 5.74) is 0. The smallest absolute Gasteiger partial charge is 0.0708 e. The maximum absolute atomic E-state index is 8.21. The lowest BCUT2D eigenvalue weighted by Crippen LogP contribution is -2.34. The Balaban J connectivity index is 0.000000178. The lowest BCUT2D eigenvalue weighted by molar-refractivity contribution is -0.0264. The van der Waals surface area contributed by atoms with E-state index >= 15 is 0 Å². The zero-order valence-corrected chi connectivity index (χ0v) is 15.0. The summed E-state index contributed by atoms with van der Waals surface area (Å²) in [6.07, 6.45) is 12.2. The minimum absolute atomic E-state index is 0.250. The monoisotopic (exact) mass is 346 g/mol. The second-order valence-electron chi connectivity index (χ2n) is 6.86. The largest absolute Gasteiger partial charge is 0.396 e. The predicted molar refractivity (Wildman–Crippen MR) is 94.7 cm³/mol. The van der Waals surface area contributed by atoms with Crippen LogP contribution in [0.1, 0.15) is 57.8 Å². The molecule has 0 bridgehead atoms. The molecule has 0 aromatic rings. The molecule has 0 aromatic carbocycles. The van der Waals surface area contributed by atoms with Crippen molar-refractivity contribution < 1.29 is 14.9 Å². The Kier molecular flexibility index (Phi) is 6.81. The normalized spacial score (nSPS) is 41.7. The molecule has 0 spiro atoms. The highest BCUT2D eigenvalue weighted by molar-refractivity contribution is 8.08. The molecule has 0 aromatic heterocycles. The number of ether oxygens (including phenoxy) is 1. The Morgan fingerprint density at radius 2 is 1.23 bits per heavy atom. The maximum atomic E-state index is 8.21. The molecule has 6 atom stereocenters. The van der Waals surface area contributed by atoms with E-state index in [-0.39, 0.29) is 13.2 Å². The van der Waals surface area contributed by atoms with Gasteiger partial charge in [-0.1, -0.05) is 0 Å². The number of hydrogen-bond acceptors (Lipinski definition) is 5. The number of hydrogen-bond donors (Lipinski definition) is 2. The van der Waals surface area contributed by atoms with E-state index in [0.717, 1.165) is 40.3 Å². The van der Waals surface area contributed by atoms with Crippen LogP contribution in [0.2, 0.25) is 0 Å². The van der Waals surface area contributed by atoms with Gasteiger partial charge in [0.05, 0.1) is 12.2 Å². The van der Waals surface area contributed by atoms with Gasteiger partial charge in [-0.05, 0) is 57.8 Å². The summed E-state index contributed by atoms with van der Waals surface area (Å²) in [4.78, 5) is 0. The molecular weight excluding hydrogens is 316 g/mol. The van der Waals surface area contributed by atoms with E-state index in [2.05, 4.69) is 23.5 Å². The molecule has 4 rings (SSSR count). The van der Waals surface area contributed by atoms with Crippen LogP contribution >= 0.6 is 23.5 Å². The molecule has 2 saturated carbocycles. The van der Waals surface area contributed by atoms with Crippen LogP contribution in [0.3, 0.4) is 0 Å². The fraction of sp³-hybridized carbons (Fsp3) is 1.00. The SMILES string of the molecule is C1CC(OC2CCCC3SC23)C2SC2C1.OCCCCCO. The van der Waals surface area contributed by atoms with Crippen molar-refractivity contribution in [3.05, 3.63) is 0 Å². The van der Waals surface area contributed by atoms with Gasteiger partial charge < -0.3 is 14.9 Å². The third-order valence-electron chi connectivity index (χ3n) is 5.10. The summed E-state index contributed by atoms with van der Waals surface area (Å²) >= 11 is 4.36. The van der Waals surface area contributed by atoms with Crippen LogP contribution in [0.4, 0.5) is 0 Å².